The predicted molar refractivity (Wildman–Crippen MR) is 61.9 cm³/mol. The summed E-state index contributed by atoms with van der Waals surface area (Å²) in [6, 6.07) is 0.466. The third kappa shape index (κ3) is 4.75. The molecule has 1 saturated carbocycles. The molecule has 2 unspecified atom stereocenters. The molecule has 0 spiro atoms. The zero-order valence-corrected chi connectivity index (χ0v) is 10.3. The summed E-state index contributed by atoms with van der Waals surface area (Å²) < 4.78 is 11.5. The topological polar surface area (TPSA) is 63.4 Å². The lowest BCUT2D eigenvalue weighted by atomic mass is 10.3. The van der Waals surface area contributed by atoms with Crippen LogP contribution in [0.1, 0.15) is 26.2 Å². The molecule has 1 rings (SSSR count). The normalized spacial score (nSPS) is 19.7. The lowest BCUT2D eigenvalue weighted by Crippen LogP contribution is -2.33. The molecule has 0 heterocycles. The van der Waals surface area contributed by atoms with Gasteiger partial charge in [0.25, 0.3) is 0 Å². The number of carbonyl (C=O) groups is 1. The summed E-state index contributed by atoms with van der Waals surface area (Å²) in [5.74, 6) is 0.683. The monoisotopic (exact) mass is 232 g/mol. The number of hydrogen-bond donors (Lipinski definition) is 1. The van der Waals surface area contributed by atoms with Gasteiger partial charge >= 0.3 is 0 Å². The van der Waals surface area contributed by atoms with Crippen molar-refractivity contribution in [1.82, 2.24) is 4.90 Å². The minimum Gasteiger partial charge on any atom is -0.342 e. The average molecular weight is 232 g/mol. The SMILES string of the molecule is CC(N)CCS(=O)CC(=O)N(C)C1CC1. The highest BCUT2D eigenvalue weighted by atomic mass is 32.2. The van der Waals surface area contributed by atoms with Crippen LogP contribution in [0.4, 0.5) is 0 Å². The Labute approximate surface area is 93.7 Å². The maximum Gasteiger partial charge on any atom is 0.235 e. The minimum atomic E-state index is -1.05. The molecule has 1 aliphatic carbocycles. The van der Waals surface area contributed by atoms with Crippen molar-refractivity contribution in [3.63, 3.8) is 0 Å². The Hall–Kier alpha value is -0.420. The van der Waals surface area contributed by atoms with Crippen molar-refractivity contribution in [3.05, 3.63) is 0 Å². The first kappa shape index (κ1) is 12.6. The molecular formula is C10H20N2O2S. The lowest BCUT2D eigenvalue weighted by molar-refractivity contribution is -0.127. The zero-order chi connectivity index (χ0) is 11.4. The van der Waals surface area contributed by atoms with Crippen molar-refractivity contribution in [2.75, 3.05) is 18.6 Å². The maximum absolute atomic E-state index is 11.6. The van der Waals surface area contributed by atoms with E-state index >= 15 is 0 Å². The Kier molecular flexibility index (Phi) is 4.73. The molecule has 0 bridgehead atoms. The van der Waals surface area contributed by atoms with Gasteiger partial charge in [-0.15, -0.1) is 0 Å². The van der Waals surface area contributed by atoms with Gasteiger partial charge in [-0.05, 0) is 26.2 Å². The maximum atomic E-state index is 11.6. The second-order valence-electron chi connectivity index (χ2n) is 4.29. The summed E-state index contributed by atoms with van der Waals surface area (Å²) in [7, 11) is 0.743. The van der Waals surface area contributed by atoms with E-state index in [-0.39, 0.29) is 17.7 Å². The second-order valence-corrected chi connectivity index (χ2v) is 5.87. The van der Waals surface area contributed by atoms with Crippen molar-refractivity contribution >= 4 is 16.7 Å². The van der Waals surface area contributed by atoms with E-state index in [0.717, 1.165) is 12.8 Å². The molecular weight excluding hydrogens is 212 g/mol. The van der Waals surface area contributed by atoms with E-state index in [1.165, 1.54) is 0 Å². The molecule has 2 N–H and O–H groups in total. The first-order chi connectivity index (χ1) is 7.00. The summed E-state index contributed by atoms with van der Waals surface area (Å²) in [5, 5.41) is 0. The Bertz CT molecular complexity index is 252. The van der Waals surface area contributed by atoms with Crippen molar-refractivity contribution < 1.29 is 9.00 Å². The standard InChI is InChI=1S/C10H20N2O2S/c1-8(11)5-6-15(14)7-10(13)12(2)9-3-4-9/h8-9H,3-7,11H2,1-2H3. The van der Waals surface area contributed by atoms with E-state index in [0.29, 0.717) is 18.2 Å². The zero-order valence-electron chi connectivity index (χ0n) is 9.44. The van der Waals surface area contributed by atoms with Gasteiger partial charge in [0, 0.05) is 35.7 Å². The molecule has 0 saturated heterocycles. The van der Waals surface area contributed by atoms with Crippen LogP contribution in [-0.4, -0.2) is 45.7 Å². The number of nitrogens with zero attached hydrogens (tertiary/aromatic N) is 1. The number of carbonyl (C=O) groups excluding carboxylic acids is 1. The van der Waals surface area contributed by atoms with Gasteiger partial charge in [-0.25, -0.2) is 0 Å². The molecule has 0 aliphatic heterocycles. The van der Waals surface area contributed by atoms with Gasteiger partial charge in [-0.3, -0.25) is 9.00 Å². The predicted octanol–water partition coefficient (Wildman–Crippen LogP) is 0.0932. The fourth-order valence-corrected chi connectivity index (χ4v) is 2.55. The number of nitrogens with two attached hydrogens (primary N) is 1. The van der Waals surface area contributed by atoms with Crippen LogP contribution in [0.25, 0.3) is 0 Å². The Morgan fingerprint density at radius 3 is 2.67 bits per heavy atom. The smallest absolute Gasteiger partial charge is 0.235 e. The van der Waals surface area contributed by atoms with Gasteiger partial charge in [-0.2, -0.15) is 0 Å². The van der Waals surface area contributed by atoms with Gasteiger partial charge in [0.15, 0.2) is 0 Å². The first-order valence-electron chi connectivity index (χ1n) is 5.37. The molecule has 15 heavy (non-hydrogen) atoms. The van der Waals surface area contributed by atoms with E-state index < -0.39 is 10.8 Å². The fourth-order valence-electron chi connectivity index (χ4n) is 1.29. The molecule has 0 aromatic heterocycles. The molecule has 0 aromatic carbocycles. The summed E-state index contributed by atoms with van der Waals surface area (Å²) in [4.78, 5) is 13.3. The summed E-state index contributed by atoms with van der Waals surface area (Å²) >= 11 is 0. The quantitative estimate of drug-likeness (QED) is 0.706. The molecule has 1 aliphatic rings. The van der Waals surface area contributed by atoms with Crippen LogP contribution in [0.15, 0.2) is 0 Å². The molecule has 0 aromatic rings. The third-order valence-corrected chi connectivity index (χ3v) is 3.83. The van der Waals surface area contributed by atoms with Crippen LogP contribution in [0.2, 0.25) is 0 Å². The van der Waals surface area contributed by atoms with Crippen LogP contribution in [0.3, 0.4) is 0 Å². The second kappa shape index (κ2) is 5.61. The van der Waals surface area contributed by atoms with Crippen molar-refractivity contribution in [1.29, 1.82) is 0 Å². The summed E-state index contributed by atoms with van der Waals surface area (Å²) in [5.41, 5.74) is 5.56. The summed E-state index contributed by atoms with van der Waals surface area (Å²) in [6.07, 6.45) is 2.90. The van der Waals surface area contributed by atoms with Gasteiger partial charge in [0.2, 0.25) is 5.91 Å². The van der Waals surface area contributed by atoms with Crippen LogP contribution < -0.4 is 5.73 Å². The van der Waals surface area contributed by atoms with Crippen molar-refractivity contribution in [2.45, 2.75) is 38.3 Å². The van der Waals surface area contributed by atoms with Gasteiger partial charge in [0.1, 0.15) is 5.75 Å². The Balaban J connectivity index is 2.21. The minimum absolute atomic E-state index is 0.000470. The molecule has 5 heteroatoms. The molecule has 1 amide bonds. The molecule has 4 nitrogen and oxygen atoms in total. The summed E-state index contributed by atoms with van der Waals surface area (Å²) in [6.45, 7) is 1.88. The Morgan fingerprint density at radius 1 is 1.60 bits per heavy atom. The van der Waals surface area contributed by atoms with Crippen molar-refractivity contribution in [3.8, 4) is 0 Å². The van der Waals surface area contributed by atoms with Crippen LogP contribution in [0.5, 0.6) is 0 Å². The van der Waals surface area contributed by atoms with Crippen molar-refractivity contribution in [2.24, 2.45) is 5.73 Å². The largest absolute Gasteiger partial charge is 0.342 e. The fraction of sp³-hybridized carbons (Fsp3) is 0.900. The molecule has 1 fully saturated rings. The number of rotatable bonds is 6. The third-order valence-electron chi connectivity index (χ3n) is 2.57. The van der Waals surface area contributed by atoms with Gasteiger partial charge in [-0.1, -0.05) is 0 Å². The van der Waals surface area contributed by atoms with E-state index in [1.807, 2.05) is 6.92 Å². The lowest BCUT2D eigenvalue weighted by Gasteiger charge is -2.15. The van der Waals surface area contributed by atoms with Gasteiger partial charge in [0.05, 0.1) is 0 Å². The van der Waals surface area contributed by atoms with Crippen LogP contribution in [-0.2, 0) is 15.6 Å². The van der Waals surface area contributed by atoms with E-state index in [4.69, 9.17) is 5.73 Å². The highest BCUT2D eigenvalue weighted by Gasteiger charge is 2.29. The van der Waals surface area contributed by atoms with Gasteiger partial charge < -0.3 is 10.6 Å². The molecule has 0 radical (unpaired) electrons. The highest BCUT2D eigenvalue weighted by Crippen LogP contribution is 2.25. The van der Waals surface area contributed by atoms with E-state index in [1.54, 1.807) is 11.9 Å². The average Bonchev–Trinajstić information content (AvgIpc) is 2.96. The number of amides is 1. The highest BCUT2D eigenvalue weighted by molar-refractivity contribution is 7.85. The molecule has 2 atom stereocenters. The van der Waals surface area contributed by atoms with E-state index in [2.05, 4.69) is 0 Å². The van der Waals surface area contributed by atoms with Crippen LogP contribution >= 0.6 is 0 Å². The molecule has 88 valence electrons. The van der Waals surface area contributed by atoms with Crippen LogP contribution in [0, 0.1) is 0 Å². The number of hydrogen-bond acceptors (Lipinski definition) is 3. The van der Waals surface area contributed by atoms with E-state index in [9.17, 15) is 9.00 Å². The Morgan fingerprint density at radius 2 is 2.20 bits per heavy atom. The first-order valence-corrected chi connectivity index (χ1v) is 6.85.